The molecule has 0 atom stereocenters. The molecule has 0 aliphatic carbocycles. The van der Waals surface area contributed by atoms with E-state index in [0.29, 0.717) is 11.1 Å². The monoisotopic (exact) mass is 243 g/mol. The van der Waals surface area contributed by atoms with Gasteiger partial charge in [-0.3, -0.25) is 0 Å². The SMILES string of the molecule is Cc1cc(S(N)(=O)=O)cc(C(C)(C)C)c1O. The van der Waals surface area contributed by atoms with E-state index in [1.165, 1.54) is 12.1 Å². The van der Waals surface area contributed by atoms with E-state index in [4.69, 9.17) is 5.14 Å². The van der Waals surface area contributed by atoms with Crippen LogP contribution >= 0.6 is 0 Å². The highest BCUT2D eigenvalue weighted by Gasteiger charge is 2.22. The van der Waals surface area contributed by atoms with Crippen molar-refractivity contribution in [3.8, 4) is 5.75 Å². The first-order chi connectivity index (χ1) is 7.03. The van der Waals surface area contributed by atoms with Crippen LogP contribution in [0.5, 0.6) is 5.75 Å². The number of aromatic hydroxyl groups is 1. The van der Waals surface area contributed by atoms with E-state index in [-0.39, 0.29) is 16.1 Å². The van der Waals surface area contributed by atoms with Gasteiger partial charge in [-0.1, -0.05) is 20.8 Å². The van der Waals surface area contributed by atoms with Crippen LogP contribution in [0, 0.1) is 6.92 Å². The molecule has 0 bridgehead atoms. The predicted octanol–water partition coefficient (Wildman–Crippen LogP) is 1.65. The molecule has 0 spiro atoms. The minimum absolute atomic E-state index is 0.0349. The number of phenols is 1. The molecule has 1 aromatic carbocycles. The molecule has 5 heteroatoms. The Morgan fingerprint density at radius 1 is 1.25 bits per heavy atom. The summed E-state index contributed by atoms with van der Waals surface area (Å²) in [5.41, 5.74) is 0.753. The second-order valence-electron chi connectivity index (χ2n) is 4.93. The summed E-state index contributed by atoms with van der Waals surface area (Å²) >= 11 is 0. The summed E-state index contributed by atoms with van der Waals surface area (Å²) in [7, 11) is -3.74. The van der Waals surface area contributed by atoms with E-state index < -0.39 is 10.0 Å². The Balaban J connectivity index is 3.59. The van der Waals surface area contributed by atoms with Crippen molar-refractivity contribution in [3.05, 3.63) is 23.3 Å². The third-order valence-corrected chi connectivity index (χ3v) is 3.30. The Kier molecular flexibility index (Phi) is 3.04. The van der Waals surface area contributed by atoms with Crippen molar-refractivity contribution in [1.82, 2.24) is 0 Å². The lowest BCUT2D eigenvalue weighted by molar-refractivity contribution is 0.441. The first kappa shape index (κ1) is 13.0. The predicted molar refractivity (Wildman–Crippen MR) is 62.9 cm³/mol. The number of rotatable bonds is 1. The minimum Gasteiger partial charge on any atom is -0.507 e. The Labute approximate surface area is 96.2 Å². The molecule has 0 radical (unpaired) electrons. The third-order valence-electron chi connectivity index (χ3n) is 2.41. The maximum absolute atomic E-state index is 11.3. The van der Waals surface area contributed by atoms with E-state index in [2.05, 4.69) is 0 Å². The zero-order valence-corrected chi connectivity index (χ0v) is 10.7. The van der Waals surface area contributed by atoms with Crippen LogP contribution < -0.4 is 5.14 Å². The van der Waals surface area contributed by atoms with Gasteiger partial charge >= 0.3 is 0 Å². The van der Waals surface area contributed by atoms with Gasteiger partial charge in [0.25, 0.3) is 0 Å². The largest absolute Gasteiger partial charge is 0.507 e. The summed E-state index contributed by atoms with van der Waals surface area (Å²) in [6.45, 7) is 7.34. The Morgan fingerprint density at radius 3 is 2.12 bits per heavy atom. The van der Waals surface area contributed by atoms with Crippen molar-refractivity contribution >= 4 is 10.0 Å². The summed E-state index contributed by atoms with van der Waals surface area (Å²) in [5.74, 6) is 0.125. The number of aryl methyl sites for hydroxylation is 1. The molecule has 0 aliphatic heterocycles. The van der Waals surface area contributed by atoms with Gasteiger partial charge in [-0.2, -0.15) is 0 Å². The number of primary sulfonamides is 1. The fourth-order valence-electron chi connectivity index (χ4n) is 1.48. The fourth-order valence-corrected chi connectivity index (χ4v) is 2.11. The summed E-state index contributed by atoms with van der Waals surface area (Å²) in [4.78, 5) is 0.0349. The summed E-state index contributed by atoms with van der Waals surface area (Å²) < 4.78 is 22.5. The van der Waals surface area contributed by atoms with E-state index in [1.807, 2.05) is 20.8 Å². The van der Waals surface area contributed by atoms with Crippen molar-refractivity contribution in [1.29, 1.82) is 0 Å². The zero-order valence-electron chi connectivity index (χ0n) is 9.90. The number of nitrogens with two attached hydrogens (primary N) is 1. The van der Waals surface area contributed by atoms with Gasteiger partial charge in [0.15, 0.2) is 0 Å². The molecular formula is C11H17NO3S. The normalized spacial score (nSPS) is 12.8. The smallest absolute Gasteiger partial charge is 0.238 e. The Bertz CT molecular complexity index is 513. The molecule has 0 aromatic heterocycles. The van der Waals surface area contributed by atoms with Crippen LogP contribution in [0.1, 0.15) is 31.9 Å². The molecule has 0 saturated heterocycles. The van der Waals surface area contributed by atoms with E-state index >= 15 is 0 Å². The van der Waals surface area contributed by atoms with Crippen molar-refractivity contribution in [2.24, 2.45) is 5.14 Å². The van der Waals surface area contributed by atoms with Crippen molar-refractivity contribution in [2.45, 2.75) is 38.0 Å². The average molecular weight is 243 g/mol. The van der Waals surface area contributed by atoms with Crippen LogP contribution in [0.3, 0.4) is 0 Å². The molecule has 1 rings (SSSR count). The maximum Gasteiger partial charge on any atom is 0.238 e. The molecule has 16 heavy (non-hydrogen) atoms. The van der Waals surface area contributed by atoms with Gasteiger partial charge in [0, 0.05) is 5.56 Å². The van der Waals surface area contributed by atoms with Gasteiger partial charge in [-0.05, 0) is 30.0 Å². The van der Waals surface area contributed by atoms with Gasteiger partial charge in [0.2, 0.25) is 10.0 Å². The highest BCUT2D eigenvalue weighted by molar-refractivity contribution is 7.89. The van der Waals surface area contributed by atoms with Crippen LogP contribution in [0.4, 0.5) is 0 Å². The van der Waals surface area contributed by atoms with Crippen LogP contribution in [-0.2, 0) is 15.4 Å². The highest BCUT2D eigenvalue weighted by atomic mass is 32.2. The lowest BCUT2D eigenvalue weighted by Gasteiger charge is -2.22. The van der Waals surface area contributed by atoms with Gasteiger partial charge in [-0.15, -0.1) is 0 Å². The van der Waals surface area contributed by atoms with Gasteiger partial charge in [0.05, 0.1) is 4.90 Å². The highest BCUT2D eigenvalue weighted by Crippen LogP contribution is 2.34. The number of hydrogen-bond acceptors (Lipinski definition) is 3. The standard InChI is InChI=1S/C11H17NO3S/c1-7-5-8(16(12,14)15)6-9(10(7)13)11(2,3)4/h5-6,13H,1-4H3,(H2,12,14,15). The van der Waals surface area contributed by atoms with Crippen molar-refractivity contribution in [3.63, 3.8) is 0 Å². The number of benzene rings is 1. The molecular weight excluding hydrogens is 226 g/mol. The molecule has 0 amide bonds. The second kappa shape index (κ2) is 3.75. The molecule has 0 aliphatic rings. The molecule has 90 valence electrons. The average Bonchev–Trinajstić information content (AvgIpc) is 2.05. The van der Waals surface area contributed by atoms with Gasteiger partial charge in [-0.25, -0.2) is 13.6 Å². The fraction of sp³-hybridized carbons (Fsp3) is 0.455. The molecule has 1 aromatic rings. The first-order valence-electron chi connectivity index (χ1n) is 4.90. The maximum atomic E-state index is 11.3. The number of sulfonamides is 1. The molecule has 0 saturated carbocycles. The molecule has 4 nitrogen and oxygen atoms in total. The first-order valence-corrected chi connectivity index (χ1v) is 6.45. The topological polar surface area (TPSA) is 80.4 Å². The molecule has 0 heterocycles. The Hall–Kier alpha value is -1.07. The number of phenolic OH excluding ortho intramolecular Hbond substituents is 1. The lowest BCUT2D eigenvalue weighted by Crippen LogP contribution is -2.16. The summed E-state index contributed by atoms with van der Waals surface area (Å²) in [6, 6.07) is 2.80. The van der Waals surface area contributed by atoms with Crippen LogP contribution in [0.15, 0.2) is 17.0 Å². The number of hydrogen-bond donors (Lipinski definition) is 2. The van der Waals surface area contributed by atoms with E-state index in [9.17, 15) is 13.5 Å². The molecule has 0 fully saturated rings. The lowest BCUT2D eigenvalue weighted by atomic mass is 9.85. The quantitative estimate of drug-likeness (QED) is 0.787. The van der Waals surface area contributed by atoms with Gasteiger partial charge < -0.3 is 5.11 Å². The Morgan fingerprint density at radius 2 is 1.75 bits per heavy atom. The second-order valence-corrected chi connectivity index (χ2v) is 6.49. The minimum atomic E-state index is -3.74. The van der Waals surface area contributed by atoms with Crippen molar-refractivity contribution < 1.29 is 13.5 Å². The van der Waals surface area contributed by atoms with Gasteiger partial charge in [0.1, 0.15) is 5.75 Å². The van der Waals surface area contributed by atoms with Crippen LogP contribution in [0.2, 0.25) is 0 Å². The zero-order chi connectivity index (χ0) is 12.7. The molecule has 0 unspecified atom stereocenters. The summed E-state index contributed by atoms with van der Waals surface area (Å²) in [6.07, 6.45) is 0. The van der Waals surface area contributed by atoms with Crippen LogP contribution in [0.25, 0.3) is 0 Å². The third kappa shape index (κ3) is 2.54. The van der Waals surface area contributed by atoms with Crippen molar-refractivity contribution in [2.75, 3.05) is 0 Å². The molecule has 3 N–H and O–H groups in total. The summed E-state index contributed by atoms with van der Waals surface area (Å²) in [5, 5.41) is 15.0. The van der Waals surface area contributed by atoms with Crippen LogP contribution in [-0.4, -0.2) is 13.5 Å². The van der Waals surface area contributed by atoms with E-state index in [0.717, 1.165) is 0 Å². The van der Waals surface area contributed by atoms with E-state index in [1.54, 1.807) is 6.92 Å².